The normalized spacial score (nSPS) is 24.1. The third kappa shape index (κ3) is 6.46. The van der Waals surface area contributed by atoms with Crippen LogP contribution in [-0.4, -0.2) is 63.5 Å². The Bertz CT molecular complexity index is 2090. The third-order valence-corrected chi connectivity index (χ3v) is 12.4. The molecule has 5 aliphatic heterocycles. The second kappa shape index (κ2) is 13.4. The molecule has 0 bridgehead atoms. The number of allylic oxidation sites excluding steroid dienone is 1. The van der Waals surface area contributed by atoms with Crippen molar-refractivity contribution in [2.75, 3.05) is 6.54 Å². The van der Waals surface area contributed by atoms with Crippen molar-refractivity contribution in [3.63, 3.8) is 0 Å². The number of nitrogens with zero attached hydrogens (tertiary/aromatic N) is 4. The molecule has 8 heteroatoms. The molecule has 0 N–H and O–H groups in total. The van der Waals surface area contributed by atoms with Gasteiger partial charge in [0.1, 0.15) is 18.0 Å². The lowest BCUT2D eigenvalue weighted by molar-refractivity contribution is -0.137. The molecule has 2 fully saturated rings. The molecule has 8 rings (SSSR count). The van der Waals surface area contributed by atoms with Crippen molar-refractivity contribution in [3.05, 3.63) is 65.4 Å². The number of aliphatic imine (C=N–C) groups is 2. The lowest BCUT2D eigenvalue weighted by atomic mass is 9.89. The molecule has 2 amide bonds. The van der Waals surface area contributed by atoms with Crippen molar-refractivity contribution in [2.45, 2.75) is 124 Å². The first-order chi connectivity index (χ1) is 25.3. The molecule has 53 heavy (non-hydrogen) atoms. The summed E-state index contributed by atoms with van der Waals surface area (Å²) in [6.45, 7) is 17.7. The van der Waals surface area contributed by atoms with Gasteiger partial charge in [0.25, 0.3) is 0 Å². The van der Waals surface area contributed by atoms with Crippen LogP contribution in [0.4, 0.5) is 10.5 Å². The number of amides is 2. The molecule has 5 aliphatic rings. The Morgan fingerprint density at radius 1 is 0.981 bits per heavy atom. The number of ether oxygens (including phenoxy) is 2. The molecule has 0 radical (unpaired) electrons. The van der Waals surface area contributed by atoms with Gasteiger partial charge < -0.3 is 14.4 Å². The fourth-order valence-corrected chi connectivity index (χ4v) is 9.01. The molecule has 0 spiro atoms. The summed E-state index contributed by atoms with van der Waals surface area (Å²) in [5.41, 5.74) is 9.63. The van der Waals surface area contributed by atoms with Crippen molar-refractivity contribution in [1.82, 2.24) is 9.80 Å². The fraction of sp³-hybridized carbons (Fsp3) is 0.511. The van der Waals surface area contributed by atoms with Crippen LogP contribution in [0.5, 0.6) is 5.75 Å². The summed E-state index contributed by atoms with van der Waals surface area (Å²) in [4.78, 5) is 40.9. The Hall–Kier alpha value is -4.46. The molecular formula is C45H54N4O4. The lowest BCUT2D eigenvalue weighted by Crippen LogP contribution is -2.47. The summed E-state index contributed by atoms with van der Waals surface area (Å²) in [6, 6.07) is 15.7. The summed E-state index contributed by atoms with van der Waals surface area (Å²) in [5, 5.41) is 2.35. The van der Waals surface area contributed by atoms with E-state index in [0.29, 0.717) is 25.0 Å². The van der Waals surface area contributed by atoms with E-state index >= 15 is 0 Å². The minimum atomic E-state index is -0.536. The summed E-state index contributed by atoms with van der Waals surface area (Å²) < 4.78 is 12.3. The molecule has 5 heterocycles. The number of carbonyl (C=O) groups excluding carboxylic acids is 2. The summed E-state index contributed by atoms with van der Waals surface area (Å²) in [7, 11) is 0. The summed E-state index contributed by atoms with van der Waals surface area (Å²) >= 11 is 0. The second-order valence-electron chi connectivity index (χ2n) is 17.4. The minimum absolute atomic E-state index is 0.00560. The zero-order valence-electron chi connectivity index (χ0n) is 32.7. The predicted molar refractivity (Wildman–Crippen MR) is 213 cm³/mol. The molecular weight excluding hydrogens is 661 g/mol. The molecule has 3 aromatic rings. The van der Waals surface area contributed by atoms with Crippen LogP contribution in [0.25, 0.3) is 27.5 Å². The molecule has 5 atom stereocenters. The molecule has 2 saturated heterocycles. The van der Waals surface area contributed by atoms with Crippen LogP contribution >= 0.6 is 0 Å². The molecule has 1 unspecified atom stereocenters. The average Bonchev–Trinajstić information content (AvgIpc) is 3.94. The molecule has 0 aromatic heterocycles. The number of hydrogen-bond acceptors (Lipinski definition) is 6. The Morgan fingerprint density at radius 3 is 2.55 bits per heavy atom. The number of carbonyl (C=O) groups is 2. The van der Waals surface area contributed by atoms with Gasteiger partial charge in [-0.15, -0.1) is 0 Å². The fourth-order valence-electron chi connectivity index (χ4n) is 9.01. The van der Waals surface area contributed by atoms with Gasteiger partial charge in [0, 0.05) is 54.5 Å². The Morgan fingerprint density at radius 2 is 1.79 bits per heavy atom. The van der Waals surface area contributed by atoms with E-state index in [4.69, 9.17) is 19.5 Å². The highest BCUT2D eigenvalue weighted by molar-refractivity contribution is 6.07. The minimum Gasteiger partial charge on any atom is -0.488 e. The van der Waals surface area contributed by atoms with E-state index in [0.717, 1.165) is 83.6 Å². The van der Waals surface area contributed by atoms with Crippen molar-refractivity contribution < 1.29 is 19.1 Å². The van der Waals surface area contributed by atoms with Crippen LogP contribution in [0.15, 0.2) is 58.6 Å². The van der Waals surface area contributed by atoms with Gasteiger partial charge in [0.05, 0.1) is 17.8 Å². The first kappa shape index (κ1) is 35.6. The molecule has 8 nitrogen and oxygen atoms in total. The largest absolute Gasteiger partial charge is 0.488 e. The van der Waals surface area contributed by atoms with Gasteiger partial charge in [0.2, 0.25) is 5.91 Å². The van der Waals surface area contributed by atoms with E-state index in [2.05, 4.69) is 82.0 Å². The van der Waals surface area contributed by atoms with Crippen LogP contribution < -0.4 is 4.74 Å². The molecule has 0 aliphatic carbocycles. The van der Waals surface area contributed by atoms with Crippen molar-refractivity contribution >= 4 is 45.5 Å². The molecule has 278 valence electrons. The van der Waals surface area contributed by atoms with E-state index in [1.54, 1.807) is 0 Å². The maximum absolute atomic E-state index is 13.6. The summed E-state index contributed by atoms with van der Waals surface area (Å²) in [5.74, 6) is 1.90. The monoisotopic (exact) mass is 714 g/mol. The van der Waals surface area contributed by atoms with Gasteiger partial charge in [-0.05, 0) is 122 Å². The highest BCUT2D eigenvalue weighted by Gasteiger charge is 2.42. The smallest absolute Gasteiger partial charge is 0.410 e. The van der Waals surface area contributed by atoms with Crippen molar-refractivity contribution in [1.29, 1.82) is 0 Å². The number of fused-ring (bicyclic) bond motifs is 6. The van der Waals surface area contributed by atoms with E-state index < -0.39 is 5.60 Å². The predicted octanol–water partition coefficient (Wildman–Crippen LogP) is 9.92. The number of benzene rings is 3. The Labute approximate surface area is 314 Å². The van der Waals surface area contributed by atoms with Crippen molar-refractivity contribution in [3.8, 4) is 16.9 Å². The van der Waals surface area contributed by atoms with E-state index in [1.165, 1.54) is 21.9 Å². The average molecular weight is 715 g/mol. The Kier molecular flexibility index (Phi) is 9.02. The number of hydrogen-bond donors (Lipinski definition) is 0. The van der Waals surface area contributed by atoms with Crippen LogP contribution in [0, 0.1) is 17.8 Å². The molecule has 0 saturated carbocycles. The van der Waals surface area contributed by atoms with E-state index in [1.807, 2.05) is 31.9 Å². The standard InChI is InChI=1S/C45H54N4O4/c1-9-28-16-41(48(23-28)44(51)53-45(6,7)8)38-19-31(22-46-38)29-11-13-33-32(17-29)24-52-42-21-34-30(18-36(33)42)12-14-37-35(34)20-39(47-37)40-15-10-26(4)49(40)43(50)27(5)25(2)3/h11-14,17-18,21-22,25-28,40-41H,9-10,15-16,19-20,23-24H2,1-8H3/t26-,27?,28-,40-,41-/m0/s1. The van der Waals surface area contributed by atoms with Crippen LogP contribution in [0.1, 0.15) is 104 Å². The molecule has 3 aromatic carbocycles. The van der Waals surface area contributed by atoms with Gasteiger partial charge in [-0.25, -0.2) is 4.79 Å². The van der Waals surface area contributed by atoms with Gasteiger partial charge >= 0.3 is 6.09 Å². The van der Waals surface area contributed by atoms with Crippen molar-refractivity contribution in [2.24, 2.45) is 27.7 Å². The number of rotatable bonds is 6. The maximum atomic E-state index is 13.6. The quantitative estimate of drug-likeness (QED) is 0.255. The zero-order chi connectivity index (χ0) is 37.3. The van der Waals surface area contributed by atoms with E-state index in [9.17, 15) is 9.59 Å². The van der Waals surface area contributed by atoms with Crippen LogP contribution in [0.3, 0.4) is 0 Å². The topological polar surface area (TPSA) is 83.8 Å². The Balaban J connectivity index is 1.00. The van der Waals surface area contributed by atoms with Gasteiger partial charge in [-0.1, -0.05) is 52.3 Å². The first-order valence-corrected chi connectivity index (χ1v) is 19.8. The maximum Gasteiger partial charge on any atom is 0.410 e. The number of likely N-dealkylation sites (tertiary alicyclic amines) is 2. The third-order valence-electron chi connectivity index (χ3n) is 12.4. The highest BCUT2D eigenvalue weighted by Crippen LogP contribution is 2.45. The highest BCUT2D eigenvalue weighted by atomic mass is 16.6. The lowest BCUT2D eigenvalue weighted by Gasteiger charge is -2.32. The van der Waals surface area contributed by atoms with Crippen LogP contribution in [0.2, 0.25) is 0 Å². The van der Waals surface area contributed by atoms with Gasteiger partial charge in [-0.3, -0.25) is 19.7 Å². The van der Waals surface area contributed by atoms with E-state index in [-0.39, 0.29) is 36.0 Å². The first-order valence-electron chi connectivity index (χ1n) is 19.8. The van der Waals surface area contributed by atoms with Gasteiger partial charge in [0.15, 0.2) is 0 Å². The summed E-state index contributed by atoms with van der Waals surface area (Å²) in [6.07, 6.45) is 7.15. The van der Waals surface area contributed by atoms with Gasteiger partial charge in [-0.2, -0.15) is 0 Å². The zero-order valence-corrected chi connectivity index (χ0v) is 32.7. The second-order valence-corrected chi connectivity index (χ2v) is 17.4. The SMILES string of the molecule is CC[C@H]1C[C@@H](C2=NC=C(c3ccc4c(c3)COc3cc5c6c(ccc5cc3-4)N=C([C@@H]3CC[C@H](C)N3C(=O)C(C)C(C)C)C6)C2)N(C(=O)OC(C)(C)C)C1. The van der Waals surface area contributed by atoms with Crippen LogP contribution in [-0.2, 0) is 22.6 Å².